The molecule has 1 aromatic heterocycles. The standard InChI is InChI=1S/C18H22N4O2/c23-16(14-5-2-1-3-6-14)13-22-11-7-15(8-12-22)17(24)21-18-19-9-4-10-20-18/h1-6,9-10,15-16,23H,7-8,11-13H2,(H,19,20,21,24). The van der Waals surface area contributed by atoms with E-state index in [9.17, 15) is 9.90 Å². The normalized spacial score (nSPS) is 17.4. The van der Waals surface area contributed by atoms with Gasteiger partial charge in [-0.2, -0.15) is 0 Å². The first-order valence-corrected chi connectivity index (χ1v) is 8.25. The fraction of sp³-hybridized carbons (Fsp3) is 0.389. The monoisotopic (exact) mass is 326 g/mol. The van der Waals surface area contributed by atoms with Crippen LogP contribution in [0.3, 0.4) is 0 Å². The van der Waals surface area contributed by atoms with Crippen molar-refractivity contribution in [3.05, 3.63) is 54.4 Å². The minimum absolute atomic E-state index is 0.0237. The maximum absolute atomic E-state index is 12.3. The lowest BCUT2D eigenvalue weighted by Gasteiger charge is -2.32. The Morgan fingerprint density at radius 1 is 1.17 bits per heavy atom. The lowest BCUT2D eigenvalue weighted by Crippen LogP contribution is -2.40. The highest BCUT2D eigenvalue weighted by molar-refractivity contribution is 5.90. The van der Waals surface area contributed by atoms with Crippen LogP contribution >= 0.6 is 0 Å². The van der Waals surface area contributed by atoms with Gasteiger partial charge >= 0.3 is 0 Å². The molecule has 0 bridgehead atoms. The first-order valence-electron chi connectivity index (χ1n) is 8.25. The second kappa shape index (κ2) is 7.99. The maximum atomic E-state index is 12.3. The van der Waals surface area contributed by atoms with Crippen LogP contribution < -0.4 is 5.32 Å². The summed E-state index contributed by atoms with van der Waals surface area (Å²) in [4.78, 5) is 22.5. The van der Waals surface area contributed by atoms with E-state index in [0.717, 1.165) is 31.5 Å². The Bertz CT molecular complexity index is 643. The number of benzene rings is 1. The Morgan fingerprint density at radius 3 is 2.50 bits per heavy atom. The van der Waals surface area contributed by atoms with Gasteiger partial charge in [0.05, 0.1) is 6.10 Å². The lowest BCUT2D eigenvalue weighted by atomic mass is 9.95. The Kier molecular flexibility index (Phi) is 5.51. The Hall–Kier alpha value is -2.31. The molecule has 1 saturated heterocycles. The number of piperidine rings is 1. The number of carbonyl (C=O) groups excluding carboxylic acids is 1. The van der Waals surface area contributed by atoms with Crippen LogP contribution in [0.1, 0.15) is 24.5 Å². The minimum Gasteiger partial charge on any atom is -0.387 e. The molecule has 0 aliphatic carbocycles. The molecule has 1 aliphatic rings. The van der Waals surface area contributed by atoms with E-state index < -0.39 is 6.10 Å². The molecule has 6 nitrogen and oxygen atoms in total. The van der Waals surface area contributed by atoms with Crippen molar-refractivity contribution in [2.24, 2.45) is 5.92 Å². The minimum atomic E-state index is -0.491. The van der Waals surface area contributed by atoms with Crippen molar-refractivity contribution in [2.45, 2.75) is 18.9 Å². The first-order chi connectivity index (χ1) is 11.7. The summed E-state index contributed by atoms with van der Waals surface area (Å²) in [7, 11) is 0. The third-order valence-corrected chi connectivity index (χ3v) is 4.37. The molecule has 126 valence electrons. The van der Waals surface area contributed by atoms with Crippen molar-refractivity contribution in [2.75, 3.05) is 25.0 Å². The van der Waals surface area contributed by atoms with Gasteiger partial charge in [0.15, 0.2) is 0 Å². The smallest absolute Gasteiger partial charge is 0.229 e. The van der Waals surface area contributed by atoms with E-state index in [4.69, 9.17) is 0 Å². The summed E-state index contributed by atoms with van der Waals surface area (Å²) in [6.45, 7) is 2.20. The quantitative estimate of drug-likeness (QED) is 0.877. The third kappa shape index (κ3) is 4.37. The largest absolute Gasteiger partial charge is 0.387 e. The van der Waals surface area contributed by atoms with E-state index in [1.807, 2.05) is 30.3 Å². The van der Waals surface area contributed by atoms with Crippen LogP contribution in [0, 0.1) is 5.92 Å². The molecule has 24 heavy (non-hydrogen) atoms. The molecule has 1 amide bonds. The molecule has 6 heteroatoms. The number of nitrogens with zero attached hydrogens (tertiary/aromatic N) is 3. The Balaban J connectivity index is 1.46. The summed E-state index contributed by atoms with van der Waals surface area (Å²) in [5.74, 6) is 0.299. The van der Waals surface area contributed by atoms with E-state index in [2.05, 4.69) is 20.2 Å². The van der Waals surface area contributed by atoms with E-state index in [-0.39, 0.29) is 11.8 Å². The number of aliphatic hydroxyl groups is 1. The van der Waals surface area contributed by atoms with E-state index in [0.29, 0.717) is 12.5 Å². The Morgan fingerprint density at radius 2 is 1.83 bits per heavy atom. The molecule has 1 aliphatic heterocycles. The van der Waals surface area contributed by atoms with Crippen LogP contribution in [-0.4, -0.2) is 45.5 Å². The van der Waals surface area contributed by atoms with Gasteiger partial charge in [-0.25, -0.2) is 9.97 Å². The molecule has 2 N–H and O–H groups in total. The zero-order valence-corrected chi connectivity index (χ0v) is 13.5. The van der Waals surface area contributed by atoms with E-state index in [1.165, 1.54) is 0 Å². The van der Waals surface area contributed by atoms with E-state index >= 15 is 0 Å². The molecule has 2 heterocycles. The molecule has 0 saturated carbocycles. The number of carbonyl (C=O) groups is 1. The number of aliphatic hydroxyl groups excluding tert-OH is 1. The number of amides is 1. The van der Waals surface area contributed by atoms with Crippen molar-refractivity contribution in [3.63, 3.8) is 0 Å². The number of anilines is 1. The summed E-state index contributed by atoms with van der Waals surface area (Å²) in [6.07, 6.45) is 4.28. The number of hydrogen-bond acceptors (Lipinski definition) is 5. The highest BCUT2D eigenvalue weighted by atomic mass is 16.3. The van der Waals surface area contributed by atoms with E-state index in [1.54, 1.807) is 18.5 Å². The molecule has 2 aromatic rings. The molecule has 1 fully saturated rings. The van der Waals surface area contributed by atoms with Gasteiger partial charge in [-0.1, -0.05) is 30.3 Å². The second-order valence-corrected chi connectivity index (χ2v) is 6.06. The van der Waals surface area contributed by atoms with Gasteiger partial charge < -0.3 is 10.0 Å². The number of hydrogen-bond donors (Lipinski definition) is 2. The first kappa shape index (κ1) is 16.5. The summed E-state index contributed by atoms with van der Waals surface area (Å²) >= 11 is 0. The predicted octanol–water partition coefficient (Wildman–Crippen LogP) is 1.86. The molecule has 1 aromatic carbocycles. The van der Waals surface area contributed by atoms with Gasteiger partial charge in [-0.15, -0.1) is 0 Å². The summed E-state index contributed by atoms with van der Waals surface area (Å²) in [5.41, 5.74) is 0.929. The summed E-state index contributed by atoms with van der Waals surface area (Å²) in [5, 5.41) is 13.1. The average molecular weight is 326 g/mol. The van der Waals surface area contributed by atoms with Gasteiger partial charge in [-0.05, 0) is 37.6 Å². The molecular formula is C18H22N4O2. The van der Waals surface area contributed by atoms with Gasteiger partial charge in [-0.3, -0.25) is 10.1 Å². The molecule has 1 unspecified atom stereocenters. The zero-order valence-electron chi connectivity index (χ0n) is 13.5. The van der Waals surface area contributed by atoms with Crippen molar-refractivity contribution in [1.82, 2.24) is 14.9 Å². The fourth-order valence-corrected chi connectivity index (χ4v) is 2.98. The highest BCUT2D eigenvalue weighted by Crippen LogP contribution is 2.21. The number of likely N-dealkylation sites (tertiary alicyclic amines) is 1. The van der Waals surface area contributed by atoms with Gasteiger partial charge in [0.2, 0.25) is 11.9 Å². The van der Waals surface area contributed by atoms with Crippen LogP contribution in [-0.2, 0) is 4.79 Å². The van der Waals surface area contributed by atoms with Crippen LogP contribution in [0.5, 0.6) is 0 Å². The van der Waals surface area contributed by atoms with Gasteiger partial charge in [0.1, 0.15) is 0 Å². The Labute approximate surface area is 141 Å². The van der Waals surface area contributed by atoms with Crippen molar-refractivity contribution < 1.29 is 9.90 Å². The van der Waals surface area contributed by atoms with Crippen LogP contribution in [0.15, 0.2) is 48.8 Å². The number of aromatic nitrogens is 2. The van der Waals surface area contributed by atoms with Crippen LogP contribution in [0.25, 0.3) is 0 Å². The number of nitrogens with one attached hydrogen (secondary N) is 1. The number of β-amino-alcohol motifs (C(OH)–C–C–N with tert-alkyl or cyclic N) is 1. The highest BCUT2D eigenvalue weighted by Gasteiger charge is 2.26. The fourth-order valence-electron chi connectivity index (χ4n) is 2.98. The average Bonchev–Trinajstić information content (AvgIpc) is 2.64. The molecule has 1 atom stereocenters. The van der Waals surface area contributed by atoms with Gasteiger partial charge in [0.25, 0.3) is 0 Å². The van der Waals surface area contributed by atoms with Gasteiger partial charge in [0, 0.05) is 24.9 Å². The molecule has 3 rings (SSSR count). The van der Waals surface area contributed by atoms with Crippen molar-refractivity contribution in [1.29, 1.82) is 0 Å². The summed E-state index contributed by atoms with van der Waals surface area (Å²) in [6, 6.07) is 11.4. The SMILES string of the molecule is O=C(Nc1ncccn1)C1CCN(CC(O)c2ccccc2)CC1. The van der Waals surface area contributed by atoms with Crippen LogP contribution in [0.4, 0.5) is 5.95 Å². The summed E-state index contributed by atoms with van der Waals surface area (Å²) < 4.78 is 0. The van der Waals surface area contributed by atoms with Crippen molar-refractivity contribution >= 4 is 11.9 Å². The maximum Gasteiger partial charge on any atom is 0.229 e. The predicted molar refractivity (Wildman–Crippen MR) is 91.2 cm³/mol. The number of rotatable bonds is 5. The molecule has 0 spiro atoms. The second-order valence-electron chi connectivity index (χ2n) is 6.06. The topological polar surface area (TPSA) is 78.4 Å². The molecular weight excluding hydrogens is 304 g/mol. The van der Waals surface area contributed by atoms with Crippen molar-refractivity contribution in [3.8, 4) is 0 Å². The lowest BCUT2D eigenvalue weighted by molar-refractivity contribution is -0.121. The molecule has 0 radical (unpaired) electrons. The third-order valence-electron chi connectivity index (χ3n) is 4.37. The zero-order chi connectivity index (χ0) is 16.8. The van der Waals surface area contributed by atoms with Crippen LogP contribution in [0.2, 0.25) is 0 Å².